The molecule has 0 aliphatic rings. The molecular formula is C25H26N6O4S. The predicted molar refractivity (Wildman–Crippen MR) is 141 cm³/mol. The Bertz CT molecular complexity index is 1460. The van der Waals surface area contributed by atoms with Gasteiger partial charge in [-0.05, 0) is 49.7 Å². The molecule has 2 aromatic carbocycles. The fourth-order valence-electron chi connectivity index (χ4n) is 3.48. The quantitative estimate of drug-likeness (QED) is 0.264. The maximum atomic E-state index is 13.0. The number of para-hydroxylation sites is 1. The van der Waals surface area contributed by atoms with Crippen molar-refractivity contribution in [3.05, 3.63) is 81.2 Å². The lowest BCUT2D eigenvalue weighted by atomic mass is 10.2. The van der Waals surface area contributed by atoms with Crippen molar-refractivity contribution in [3.63, 3.8) is 0 Å². The SMILES string of the molecule is COc1cc(C=NNc2nc(C)cs2)ccc1OCC(=O)Nc1c(C)n(C)n(-c2ccccc2)c1=O. The molecule has 0 atom stereocenters. The van der Waals surface area contributed by atoms with Crippen LogP contribution in [0.15, 0.2) is 63.8 Å². The molecule has 0 unspecified atom stereocenters. The van der Waals surface area contributed by atoms with Gasteiger partial charge in [0.05, 0.1) is 30.4 Å². The Balaban J connectivity index is 1.41. The molecule has 0 spiro atoms. The minimum atomic E-state index is -0.461. The van der Waals surface area contributed by atoms with Gasteiger partial charge < -0.3 is 14.8 Å². The zero-order valence-corrected chi connectivity index (χ0v) is 21.1. The first-order valence-corrected chi connectivity index (χ1v) is 11.9. The molecule has 1 amide bonds. The van der Waals surface area contributed by atoms with E-state index in [9.17, 15) is 9.59 Å². The maximum absolute atomic E-state index is 13.0. The number of anilines is 2. The van der Waals surface area contributed by atoms with Gasteiger partial charge in [-0.2, -0.15) is 5.10 Å². The van der Waals surface area contributed by atoms with Crippen LogP contribution in [0, 0.1) is 13.8 Å². The zero-order chi connectivity index (χ0) is 25.7. The first kappa shape index (κ1) is 24.7. The normalized spacial score (nSPS) is 11.0. The fraction of sp³-hybridized carbons (Fsp3) is 0.200. The molecule has 36 heavy (non-hydrogen) atoms. The number of hydrogen-bond donors (Lipinski definition) is 2. The number of amides is 1. The number of thiazole rings is 1. The number of benzene rings is 2. The monoisotopic (exact) mass is 506 g/mol. The largest absolute Gasteiger partial charge is 0.493 e. The molecule has 4 aromatic rings. The summed E-state index contributed by atoms with van der Waals surface area (Å²) in [5, 5.41) is 9.49. The average Bonchev–Trinajstić information content (AvgIpc) is 3.39. The Morgan fingerprint density at radius 2 is 1.94 bits per heavy atom. The minimum absolute atomic E-state index is 0.205. The highest BCUT2D eigenvalue weighted by atomic mass is 32.1. The third-order valence-electron chi connectivity index (χ3n) is 5.36. The number of nitrogens with zero attached hydrogens (tertiary/aromatic N) is 4. The van der Waals surface area contributed by atoms with E-state index < -0.39 is 5.91 Å². The second kappa shape index (κ2) is 10.9. The fourth-order valence-corrected chi connectivity index (χ4v) is 4.12. The van der Waals surface area contributed by atoms with Gasteiger partial charge in [-0.25, -0.2) is 9.67 Å². The number of aromatic nitrogens is 3. The van der Waals surface area contributed by atoms with Crippen molar-refractivity contribution in [2.75, 3.05) is 24.5 Å². The molecule has 0 aliphatic carbocycles. The van der Waals surface area contributed by atoms with Crippen LogP contribution in [-0.2, 0) is 11.8 Å². The summed E-state index contributed by atoms with van der Waals surface area (Å²) in [6.07, 6.45) is 1.63. The molecule has 0 bridgehead atoms. The van der Waals surface area contributed by atoms with E-state index in [4.69, 9.17) is 9.47 Å². The van der Waals surface area contributed by atoms with Gasteiger partial charge in [0.15, 0.2) is 18.1 Å². The van der Waals surface area contributed by atoms with E-state index in [1.165, 1.54) is 23.1 Å². The summed E-state index contributed by atoms with van der Waals surface area (Å²) in [7, 11) is 3.28. The highest BCUT2D eigenvalue weighted by Gasteiger charge is 2.18. The second-order valence-corrected chi connectivity index (χ2v) is 8.71. The number of nitrogens with one attached hydrogen (secondary N) is 2. The summed E-state index contributed by atoms with van der Waals surface area (Å²) in [6.45, 7) is 3.38. The van der Waals surface area contributed by atoms with Crippen LogP contribution in [0.25, 0.3) is 5.69 Å². The highest BCUT2D eigenvalue weighted by Crippen LogP contribution is 2.27. The van der Waals surface area contributed by atoms with Gasteiger partial charge in [0.1, 0.15) is 5.69 Å². The Morgan fingerprint density at radius 1 is 1.17 bits per heavy atom. The van der Waals surface area contributed by atoms with Crippen LogP contribution in [0.2, 0.25) is 0 Å². The van der Waals surface area contributed by atoms with E-state index in [0.717, 1.165) is 11.3 Å². The standard InChI is InChI=1S/C25H26N6O4S/c1-16-15-36-25(27-16)29-26-13-18-10-11-20(21(12-18)34-4)35-14-22(32)28-23-17(2)30(3)31(24(23)33)19-8-6-5-7-9-19/h5-13,15H,14H2,1-4H3,(H,27,29)(H,28,32). The number of aryl methyl sites for hydroxylation is 1. The van der Waals surface area contributed by atoms with Crippen molar-refractivity contribution in [1.82, 2.24) is 14.3 Å². The van der Waals surface area contributed by atoms with Crippen molar-refractivity contribution in [1.29, 1.82) is 0 Å². The molecule has 11 heteroatoms. The summed E-state index contributed by atoms with van der Waals surface area (Å²) in [5.74, 6) is 0.371. The van der Waals surface area contributed by atoms with Gasteiger partial charge in [-0.1, -0.05) is 18.2 Å². The van der Waals surface area contributed by atoms with Gasteiger partial charge in [0.2, 0.25) is 5.13 Å². The van der Waals surface area contributed by atoms with Gasteiger partial charge in [0, 0.05) is 12.4 Å². The van der Waals surface area contributed by atoms with Crippen LogP contribution in [0.3, 0.4) is 0 Å². The molecule has 0 saturated heterocycles. The molecule has 4 rings (SSSR count). The number of rotatable bonds is 9. The van der Waals surface area contributed by atoms with Crippen molar-refractivity contribution in [2.24, 2.45) is 12.1 Å². The summed E-state index contributed by atoms with van der Waals surface area (Å²) < 4.78 is 14.3. The number of ether oxygens (including phenoxy) is 2. The van der Waals surface area contributed by atoms with Crippen LogP contribution < -0.4 is 25.8 Å². The molecule has 2 N–H and O–H groups in total. The lowest BCUT2D eigenvalue weighted by molar-refractivity contribution is -0.118. The van der Waals surface area contributed by atoms with E-state index in [-0.39, 0.29) is 17.9 Å². The number of hydrogen-bond acceptors (Lipinski definition) is 8. The first-order valence-electron chi connectivity index (χ1n) is 11.0. The van der Waals surface area contributed by atoms with E-state index >= 15 is 0 Å². The van der Waals surface area contributed by atoms with Crippen molar-refractivity contribution in [2.45, 2.75) is 13.8 Å². The lowest BCUT2D eigenvalue weighted by Gasteiger charge is -2.11. The van der Waals surface area contributed by atoms with E-state index in [1.54, 1.807) is 43.1 Å². The Labute approximate surface area is 211 Å². The minimum Gasteiger partial charge on any atom is -0.493 e. The first-order chi connectivity index (χ1) is 17.4. The Hall–Kier alpha value is -4.38. The van der Waals surface area contributed by atoms with Crippen LogP contribution in [-0.4, -0.2) is 40.2 Å². The summed E-state index contributed by atoms with van der Waals surface area (Å²) in [6, 6.07) is 14.4. The van der Waals surface area contributed by atoms with Crippen LogP contribution in [0.4, 0.5) is 10.8 Å². The maximum Gasteiger partial charge on any atom is 0.295 e. The Morgan fingerprint density at radius 3 is 2.64 bits per heavy atom. The molecular weight excluding hydrogens is 480 g/mol. The molecule has 0 radical (unpaired) electrons. The average molecular weight is 507 g/mol. The third kappa shape index (κ3) is 5.47. The molecule has 0 saturated carbocycles. The van der Waals surface area contributed by atoms with Crippen molar-refractivity contribution < 1.29 is 14.3 Å². The second-order valence-electron chi connectivity index (χ2n) is 7.85. The van der Waals surface area contributed by atoms with Crippen LogP contribution in [0.1, 0.15) is 17.0 Å². The van der Waals surface area contributed by atoms with E-state index in [2.05, 4.69) is 20.8 Å². The smallest absolute Gasteiger partial charge is 0.295 e. The number of hydrazone groups is 1. The van der Waals surface area contributed by atoms with Gasteiger partial charge in [-0.15, -0.1) is 11.3 Å². The van der Waals surface area contributed by atoms with E-state index in [1.807, 2.05) is 42.6 Å². The third-order valence-corrected chi connectivity index (χ3v) is 6.22. The van der Waals surface area contributed by atoms with E-state index in [0.29, 0.717) is 28.0 Å². The van der Waals surface area contributed by atoms with Crippen LogP contribution in [0.5, 0.6) is 11.5 Å². The predicted octanol–water partition coefficient (Wildman–Crippen LogP) is 3.72. The molecule has 2 heterocycles. The lowest BCUT2D eigenvalue weighted by Crippen LogP contribution is -2.25. The Kier molecular flexibility index (Phi) is 7.50. The van der Waals surface area contributed by atoms with Gasteiger partial charge in [0.25, 0.3) is 11.5 Å². The highest BCUT2D eigenvalue weighted by molar-refractivity contribution is 7.13. The van der Waals surface area contributed by atoms with Crippen molar-refractivity contribution in [3.8, 4) is 17.2 Å². The molecule has 0 aliphatic heterocycles. The van der Waals surface area contributed by atoms with Crippen LogP contribution >= 0.6 is 11.3 Å². The summed E-state index contributed by atoms with van der Waals surface area (Å²) >= 11 is 1.47. The topological polar surface area (TPSA) is 112 Å². The molecule has 2 aromatic heterocycles. The summed E-state index contributed by atoms with van der Waals surface area (Å²) in [5.41, 5.74) is 5.78. The van der Waals surface area contributed by atoms with Gasteiger partial charge >= 0.3 is 0 Å². The number of carbonyl (C=O) groups excluding carboxylic acids is 1. The number of carbonyl (C=O) groups is 1. The van der Waals surface area contributed by atoms with Crippen molar-refractivity contribution >= 4 is 34.3 Å². The molecule has 10 nitrogen and oxygen atoms in total. The molecule has 186 valence electrons. The zero-order valence-electron chi connectivity index (χ0n) is 20.3. The number of methoxy groups -OCH3 is 1. The molecule has 0 fully saturated rings. The van der Waals surface area contributed by atoms with Gasteiger partial charge in [-0.3, -0.25) is 19.7 Å². The summed E-state index contributed by atoms with van der Waals surface area (Å²) in [4.78, 5) is 29.9.